The molecule has 1 N–H and O–H groups in total. The summed E-state index contributed by atoms with van der Waals surface area (Å²) in [5.41, 5.74) is 4.03. The SMILES string of the molecule is Cc1ccc2c(C(=O)O)c3c(-c4ccccc4)c(C)cc([N+](=O)[O-])c3[n+](C)c2c1.O=S(=O)([O-])F. The molecule has 0 aliphatic carbocycles. The molecule has 1 heterocycles. The summed E-state index contributed by atoms with van der Waals surface area (Å²) in [6.07, 6.45) is 0. The summed E-state index contributed by atoms with van der Waals surface area (Å²) in [4.78, 5) is 23.9. The minimum atomic E-state index is -5.42. The molecular formula is C23H19FN2O7S. The number of aryl methyl sites for hydroxylation is 3. The summed E-state index contributed by atoms with van der Waals surface area (Å²) in [7, 11) is -3.67. The van der Waals surface area contributed by atoms with Crippen LogP contribution < -0.4 is 4.57 Å². The van der Waals surface area contributed by atoms with Gasteiger partial charge in [-0.25, -0.2) is 13.2 Å². The smallest absolute Gasteiger partial charge is 0.340 e. The van der Waals surface area contributed by atoms with Crippen LogP contribution in [0.3, 0.4) is 0 Å². The van der Waals surface area contributed by atoms with E-state index in [0.717, 1.165) is 11.1 Å². The molecule has 0 spiro atoms. The predicted octanol–water partition coefficient (Wildman–Crippen LogP) is 4.12. The van der Waals surface area contributed by atoms with E-state index in [0.29, 0.717) is 32.9 Å². The highest BCUT2D eigenvalue weighted by Crippen LogP contribution is 2.40. The third-order valence-corrected chi connectivity index (χ3v) is 5.32. The predicted molar refractivity (Wildman–Crippen MR) is 122 cm³/mol. The van der Waals surface area contributed by atoms with Gasteiger partial charge in [0.25, 0.3) is 16.0 Å². The van der Waals surface area contributed by atoms with Crippen LogP contribution in [-0.2, 0) is 17.6 Å². The average molecular weight is 486 g/mol. The highest BCUT2D eigenvalue weighted by molar-refractivity contribution is 7.80. The van der Waals surface area contributed by atoms with E-state index in [1.54, 1.807) is 24.6 Å². The fourth-order valence-corrected chi connectivity index (χ4v) is 4.10. The highest BCUT2D eigenvalue weighted by atomic mass is 32.3. The second-order valence-corrected chi connectivity index (χ2v) is 8.37. The number of aromatic nitrogens is 1. The minimum Gasteiger partial charge on any atom is -0.722 e. The number of nitro benzene ring substituents is 1. The van der Waals surface area contributed by atoms with E-state index in [-0.39, 0.29) is 11.3 Å². The average Bonchev–Trinajstić information content (AvgIpc) is 2.73. The van der Waals surface area contributed by atoms with Crippen molar-refractivity contribution in [2.45, 2.75) is 13.8 Å². The number of aromatic carboxylic acids is 1. The van der Waals surface area contributed by atoms with E-state index < -0.39 is 21.4 Å². The molecule has 0 saturated heterocycles. The first-order valence-corrected chi connectivity index (χ1v) is 11.1. The summed E-state index contributed by atoms with van der Waals surface area (Å²) < 4.78 is 37.1. The number of hydrogen-bond donors (Lipinski definition) is 1. The van der Waals surface area contributed by atoms with Crippen LogP contribution in [0.15, 0.2) is 54.6 Å². The van der Waals surface area contributed by atoms with Crippen LogP contribution in [0.4, 0.5) is 9.57 Å². The fraction of sp³-hybridized carbons (Fsp3) is 0.130. The Hall–Kier alpha value is -3.96. The summed E-state index contributed by atoms with van der Waals surface area (Å²) in [6.45, 7) is 3.68. The fourth-order valence-electron chi connectivity index (χ4n) is 4.10. The largest absolute Gasteiger partial charge is 0.722 e. The number of pyridine rings is 1. The Bertz CT molecular complexity index is 1560. The molecule has 0 unspecified atom stereocenters. The number of benzene rings is 3. The number of nitro groups is 1. The van der Waals surface area contributed by atoms with E-state index in [1.165, 1.54) is 6.07 Å². The lowest BCUT2D eigenvalue weighted by Crippen LogP contribution is -2.32. The molecule has 9 nitrogen and oxygen atoms in total. The molecule has 3 aromatic carbocycles. The standard InChI is InChI=1S/C23H18N2O4.FHO3S/c1-13-9-10-16-17(11-13)24(3)22-18(25(28)29)12-14(2)19(15-7-5-4-6-8-15)21(22)20(16)23(26)27;1-5(2,3)4/h4-12H,1-3H3;(H,2,3,4). The first-order valence-electron chi connectivity index (χ1n) is 9.79. The van der Waals surface area contributed by atoms with Crippen LogP contribution in [0.1, 0.15) is 21.5 Å². The Morgan fingerprint density at radius 2 is 1.68 bits per heavy atom. The van der Waals surface area contributed by atoms with Crippen molar-refractivity contribution in [1.82, 2.24) is 0 Å². The molecule has 0 radical (unpaired) electrons. The zero-order valence-corrected chi connectivity index (χ0v) is 19.1. The van der Waals surface area contributed by atoms with Crippen molar-refractivity contribution in [1.29, 1.82) is 0 Å². The van der Waals surface area contributed by atoms with Crippen molar-refractivity contribution < 1.29 is 36.2 Å². The molecule has 4 aromatic rings. The first-order chi connectivity index (χ1) is 15.8. The van der Waals surface area contributed by atoms with Crippen molar-refractivity contribution in [3.8, 4) is 11.1 Å². The van der Waals surface area contributed by atoms with Crippen LogP contribution in [0.2, 0.25) is 0 Å². The lowest BCUT2D eigenvalue weighted by Gasteiger charge is -2.14. The Morgan fingerprint density at radius 3 is 2.21 bits per heavy atom. The molecule has 0 aliphatic heterocycles. The highest BCUT2D eigenvalue weighted by Gasteiger charge is 2.32. The maximum atomic E-state index is 12.4. The van der Waals surface area contributed by atoms with Crippen molar-refractivity contribution in [2.24, 2.45) is 7.05 Å². The van der Waals surface area contributed by atoms with E-state index in [2.05, 4.69) is 0 Å². The molecular weight excluding hydrogens is 467 g/mol. The van der Waals surface area contributed by atoms with E-state index >= 15 is 0 Å². The number of carboxylic acid groups (broad SMARTS) is 1. The summed E-state index contributed by atoms with van der Waals surface area (Å²) >= 11 is 0. The molecule has 4 rings (SSSR count). The molecule has 0 atom stereocenters. The van der Waals surface area contributed by atoms with Gasteiger partial charge in [0.2, 0.25) is 5.52 Å². The summed E-state index contributed by atoms with van der Waals surface area (Å²) in [5, 5.41) is 23.0. The summed E-state index contributed by atoms with van der Waals surface area (Å²) in [5.74, 6) is -1.11. The number of halogens is 1. The van der Waals surface area contributed by atoms with Crippen LogP contribution in [0, 0.1) is 24.0 Å². The topological polar surface area (TPSA) is 142 Å². The lowest BCUT2D eigenvalue weighted by atomic mass is 9.90. The van der Waals surface area contributed by atoms with Gasteiger partial charge in [-0.05, 0) is 42.2 Å². The third kappa shape index (κ3) is 4.85. The number of non-ortho nitro benzene ring substituents is 1. The minimum absolute atomic E-state index is 0.0822. The zero-order valence-electron chi connectivity index (χ0n) is 18.3. The van der Waals surface area contributed by atoms with Crippen LogP contribution in [-0.4, -0.2) is 29.0 Å². The van der Waals surface area contributed by atoms with Gasteiger partial charge in [-0.3, -0.25) is 10.1 Å². The van der Waals surface area contributed by atoms with Crippen LogP contribution >= 0.6 is 0 Å². The monoisotopic (exact) mass is 486 g/mol. The van der Waals surface area contributed by atoms with E-state index in [9.17, 15) is 23.9 Å². The molecule has 34 heavy (non-hydrogen) atoms. The number of carbonyl (C=O) groups is 1. The molecule has 11 heteroatoms. The molecule has 1 aromatic heterocycles. The van der Waals surface area contributed by atoms with Crippen molar-refractivity contribution in [2.75, 3.05) is 0 Å². The van der Waals surface area contributed by atoms with Crippen molar-refractivity contribution in [3.05, 3.63) is 81.4 Å². The van der Waals surface area contributed by atoms with Gasteiger partial charge in [-0.2, -0.15) is 4.57 Å². The van der Waals surface area contributed by atoms with Gasteiger partial charge in [0.05, 0.1) is 21.3 Å². The second kappa shape index (κ2) is 9.12. The molecule has 0 saturated carbocycles. The number of rotatable bonds is 3. The van der Waals surface area contributed by atoms with Crippen LogP contribution in [0.5, 0.6) is 0 Å². The van der Waals surface area contributed by atoms with Gasteiger partial charge < -0.3 is 9.66 Å². The maximum Gasteiger partial charge on any atom is 0.340 e. The van der Waals surface area contributed by atoms with Gasteiger partial charge in [-0.1, -0.05) is 36.4 Å². The lowest BCUT2D eigenvalue weighted by molar-refractivity contribution is -0.620. The second-order valence-electron chi connectivity index (χ2n) is 7.59. The Labute approximate surface area is 193 Å². The van der Waals surface area contributed by atoms with Gasteiger partial charge in [0, 0.05) is 12.1 Å². The zero-order chi connectivity index (χ0) is 25.4. The van der Waals surface area contributed by atoms with Gasteiger partial charge >= 0.3 is 11.7 Å². The van der Waals surface area contributed by atoms with E-state index in [4.69, 9.17) is 13.0 Å². The quantitative estimate of drug-likeness (QED) is 0.115. The van der Waals surface area contributed by atoms with Gasteiger partial charge in [-0.15, -0.1) is 3.89 Å². The Kier molecular flexibility index (Phi) is 6.62. The molecule has 0 aliphatic rings. The van der Waals surface area contributed by atoms with Crippen molar-refractivity contribution >= 4 is 44.0 Å². The Morgan fingerprint density at radius 1 is 1.09 bits per heavy atom. The van der Waals surface area contributed by atoms with Crippen LogP contribution in [0.25, 0.3) is 32.9 Å². The molecule has 0 fully saturated rings. The third-order valence-electron chi connectivity index (χ3n) is 5.32. The normalized spacial score (nSPS) is 11.2. The molecule has 0 amide bonds. The van der Waals surface area contributed by atoms with Gasteiger partial charge in [0.1, 0.15) is 7.05 Å². The van der Waals surface area contributed by atoms with Gasteiger partial charge in [0.15, 0.2) is 0 Å². The maximum absolute atomic E-state index is 12.4. The van der Waals surface area contributed by atoms with E-state index in [1.807, 2.05) is 49.4 Å². The molecule has 0 bridgehead atoms. The number of hydrogen-bond acceptors (Lipinski definition) is 6. The number of carboxylic acids is 1. The number of nitrogens with zero attached hydrogens (tertiary/aromatic N) is 2. The number of fused-ring (bicyclic) bond motifs is 2. The summed E-state index contributed by atoms with van der Waals surface area (Å²) in [6, 6.07) is 16.4. The first kappa shape index (κ1) is 24.7. The molecule has 176 valence electrons. The van der Waals surface area contributed by atoms with Crippen molar-refractivity contribution in [3.63, 3.8) is 0 Å². The Balaban J connectivity index is 0.000000588.